The van der Waals surface area contributed by atoms with E-state index in [2.05, 4.69) is 25.3 Å². The van der Waals surface area contributed by atoms with Gasteiger partial charge in [0.05, 0.1) is 7.11 Å². The lowest BCUT2D eigenvalue weighted by Gasteiger charge is -2.20. The van der Waals surface area contributed by atoms with Crippen LogP contribution in [0.15, 0.2) is 28.7 Å². The van der Waals surface area contributed by atoms with Crippen LogP contribution in [0.5, 0.6) is 5.75 Å². The van der Waals surface area contributed by atoms with Crippen molar-refractivity contribution in [3.8, 4) is 5.75 Å². The summed E-state index contributed by atoms with van der Waals surface area (Å²) in [5, 5.41) is 0. The van der Waals surface area contributed by atoms with Crippen LogP contribution in [-0.4, -0.2) is 7.11 Å². The standard InChI is InChI=1S/C16H22N2O2/c1-5-12-6-7-13(20-12)16(18-17)15-11(3)8-10(2)9-14(15)19-4/h6-9,16,18H,5,17H2,1-4H3. The Hall–Kier alpha value is -1.78. The number of aryl methyl sites for hydroxylation is 3. The van der Waals surface area contributed by atoms with Gasteiger partial charge in [-0.15, -0.1) is 0 Å². The van der Waals surface area contributed by atoms with Gasteiger partial charge in [-0.2, -0.15) is 0 Å². The van der Waals surface area contributed by atoms with Crippen LogP contribution in [0, 0.1) is 13.8 Å². The van der Waals surface area contributed by atoms with Gasteiger partial charge in [0, 0.05) is 12.0 Å². The lowest BCUT2D eigenvalue weighted by atomic mass is 9.96. The van der Waals surface area contributed by atoms with Gasteiger partial charge in [0.15, 0.2) is 0 Å². The molecule has 1 heterocycles. The van der Waals surface area contributed by atoms with E-state index in [1.807, 2.05) is 25.1 Å². The topological polar surface area (TPSA) is 60.4 Å². The fourth-order valence-corrected chi connectivity index (χ4v) is 2.53. The van der Waals surface area contributed by atoms with E-state index < -0.39 is 0 Å². The first kappa shape index (κ1) is 14.6. The molecule has 1 aromatic heterocycles. The molecule has 0 aliphatic carbocycles. The van der Waals surface area contributed by atoms with Crippen LogP contribution in [0.25, 0.3) is 0 Å². The second kappa shape index (κ2) is 6.11. The number of hydrogen-bond donors (Lipinski definition) is 2. The second-order valence-electron chi connectivity index (χ2n) is 4.96. The molecule has 4 heteroatoms. The molecule has 4 nitrogen and oxygen atoms in total. The minimum absolute atomic E-state index is 0.217. The molecule has 108 valence electrons. The van der Waals surface area contributed by atoms with Crippen molar-refractivity contribution >= 4 is 0 Å². The average molecular weight is 274 g/mol. The van der Waals surface area contributed by atoms with Crippen molar-refractivity contribution in [3.05, 3.63) is 52.5 Å². The molecule has 0 radical (unpaired) electrons. The first-order valence-corrected chi connectivity index (χ1v) is 6.80. The van der Waals surface area contributed by atoms with Gasteiger partial charge in [-0.25, -0.2) is 5.43 Å². The molecule has 0 saturated heterocycles. The normalized spacial score (nSPS) is 12.4. The Morgan fingerprint density at radius 1 is 1.30 bits per heavy atom. The second-order valence-corrected chi connectivity index (χ2v) is 4.96. The largest absolute Gasteiger partial charge is 0.496 e. The number of furan rings is 1. The molecule has 2 rings (SSSR count). The van der Waals surface area contributed by atoms with Crippen molar-refractivity contribution in [2.24, 2.45) is 5.84 Å². The monoisotopic (exact) mass is 274 g/mol. The Morgan fingerprint density at radius 2 is 2.05 bits per heavy atom. The maximum absolute atomic E-state index is 5.83. The molecule has 0 aliphatic heterocycles. The van der Waals surface area contributed by atoms with E-state index in [0.29, 0.717) is 0 Å². The molecule has 3 N–H and O–H groups in total. The number of benzene rings is 1. The lowest BCUT2D eigenvalue weighted by Crippen LogP contribution is -2.29. The van der Waals surface area contributed by atoms with Gasteiger partial charge in [0.2, 0.25) is 0 Å². The summed E-state index contributed by atoms with van der Waals surface area (Å²) in [5.41, 5.74) is 6.13. The van der Waals surface area contributed by atoms with E-state index in [0.717, 1.165) is 40.4 Å². The minimum Gasteiger partial charge on any atom is -0.496 e. The molecule has 1 aromatic carbocycles. The van der Waals surface area contributed by atoms with Crippen molar-refractivity contribution in [2.75, 3.05) is 7.11 Å². The summed E-state index contributed by atoms with van der Waals surface area (Å²) in [6.07, 6.45) is 0.862. The van der Waals surface area contributed by atoms with Crippen LogP contribution < -0.4 is 16.0 Å². The van der Waals surface area contributed by atoms with Crippen molar-refractivity contribution in [1.29, 1.82) is 0 Å². The maximum Gasteiger partial charge on any atom is 0.127 e. The van der Waals surface area contributed by atoms with E-state index in [9.17, 15) is 0 Å². The van der Waals surface area contributed by atoms with Crippen LogP contribution in [0.4, 0.5) is 0 Å². The van der Waals surface area contributed by atoms with Gasteiger partial charge in [-0.3, -0.25) is 5.84 Å². The first-order chi connectivity index (χ1) is 9.60. The SMILES string of the molecule is CCc1ccc(C(NN)c2c(C)cc(C)cc2OC)o1. The highest BCUT2D eigenvalue weighted by molar-refractivity contribution is 5.47. The van der Waals surface area contributed by atoms with E-state index in [1.54, 1.807) is 7.11 Å². The number of nitrogens with two attached hydrogens (primary N) is 1. The number of methoxy groups -OCH3 is 1. The Labute approximate surface area is 119 Å². The predicted molar refractivity (Wildman–Crippen MR) is 79.7 cm³/mol. The Kier molecular flexibility index (Phi) is 4.47. The Bertz CT molecular complexity index is 590. The first-order valence-electron chi connectivity index (χ1n) is 6.80. The lowest BCUT2D eigenvalue weighted by molar-refractivity contribution is 0.387. The summed E-state index contributed by atoms with van der Waals surface area (Å²) >= 11 is 0. The summed E-state index contributed by atoms with van der Waals surface area (Å²) in [5.74, 6) is 8.32. The molecule has 0 amide bonds. The fourth-order valence-electron chi connectivity index (χ4n) is 2.53. The third-order valence-corrected chi connectivity index (χ3v) is 3.48. The predicted octanol–water partition coefficient (Wildman–Crippen LogP) is 3.02. The van der Waals surface area contributed by atoms with E-state index in [4.69, 9.17) is 15.0 Å². The number of rotatable bonds is 5. The number of ether oxygens (including phenoxy) is 1. The molecular weight excluding hydrogens is 252 g/mol. The third-order valence-electron chi connectivity index (χ3n) is 3.48. The van der Waals surface area contributed by atoms with Crippen molar-refractivity contribution in [2.45, 2.75) is 33.2 Å². The van der Waals surface area contributed by atoms with Crippen molar-refractivity contribution in [1.82, 2.24) is 5.43 Å². The molecule has 0 aliphatic rings. The molecule has 0 spiro atoms. The molecule has 0 bridgehead atoms. The van der Waals surface area contributed by atoms with Crippen LogP contribution in [0.2, 0.25) is 0 Å². The van der Waals surface area contributed by atoms with Crippen LogP contribution in [0.3, 0.4) is 0 Å². The summed E-state index contributed by atoms with van der Waals surface area (Å²) in [7, 11) is 1.67. The van der Waals surface area contributed by atoms with Crippen LogP contribution in [0.1, 0.15) is 41.2 Å². The average Bonchev–Trinajstić information content (AvgIpc) is 2.90. The van der Waals surface area contributed by atoms with Crippen molar-refractivity contribution < 1.29 is 9.15 Å². The van der Waals surface area contributed by atoms with Gasteiger partial charge < -0.3 is 9.15 Å². The molecule has 1 unspecified atom stereocenters. The summed E-state index contributed by atoms with van der Waals surface area (Å²) in [6.45, 7) is 6.16. The zero-order valence-electron chi connectivity index (χ0n) is 12.5. The number of hydrogen-bond acceptors (Lipinski definition) is 4. The fraction of sp³-hybridized carbons (Fsp3) is 0.375. The third kappa shape index (κ3) is 2.71. The minimum atomic E-state index is -0.217. The van der Waals surface area contributed by atoms with Crippen LogP contribution >= 0.6 is 0 Å². The Morgan fingerprint density at radius 3 is 2.60 bits per heavy atom. The highest BCUT2D eigenvalue weighted by atomic mass is 16.5. The molecule has 2 aromatic rings. The van der Waals surface area contributed by atoms with Gasteiger partial charge >= 0.3 is 0 Å². The maximum atomic E-state index is 5.83. The van der Waals surface area contributed by atoms with E-state index >= 15 is 0 Å². The Balaban J connectivity index is 2.51. The zero-order valence-corrected chi connectivity index (χ0v) is 12.5. The van der Waals surface area contributed by atoms with Crippen molar-refractivity contribution in [3.63, 3.8) is 0 Å². The summed E-state index contributed by atoms with van der Waals surface area (Å²) in [6, 6.07) is 7.85. The molecule has 20 heavy (non-hydrogen) atoms. The molecule has 1 atom stereocenters. The smallest absolute Gasteiger partial charge is 0.127 e. The van der Waals surface area contributed by atoms with Gasteiger partial charge in [0.25, 0.3) is 0 Å². The highest BCUT2D eigenvalue weighted by Crippen LogP contribution is 2.34. The van der Waals surface area contributed by atoms with Gasteiger partial charge in [0.1, 0.15) is 23.3 Å². The summed E-state index contributed by atoms with van der Waals surface area (Å²) < 4.78 is 11.3. The number of hydrazine groups is 1. The summed E-state index contributed by atoms with van der Waals surface area (Å²) in [4.78, 5) is 0. The van der Waals surface area contributed by atoms with Crippen LogP contribution in [-0.2, 0) is 6.42 Å². The van der Waals surface area contributed by atoms with Gasteiger partial charge in [-0.05, 0) is 43.2 Å². The molecular formula is C16H22N2O2. The zero-order chi connectivity index (χ0) is 14.7. The molecule has 0 fully saturated rings. The quantitative estimate of drug-likeness (QED) is 0.650. The highest BCUT2D eigenvalue weighted by Gasteiger charge is 2.22. The van der Waals surface area contributed by atoms with Gasteiger partial charge in [-0.1, -0.05) is 13.0 Å². The van der Waals surface area contributed by atoms with E-state index in [-0.39, 0.29) is 6.04 Å². The van der Waals surface area contributed by atoms with E-state index in [1.165, 1.54) is 0 Å². The molecule has 0 saturated carbocycles. The number of nitrogens with one attached hydrogen (secondary N) is 1.